The van der Waals surface area contributed by atoms with Crippen LogP contribution < -0.4 is 0 Å². The van der Waals surface area contributed by atoms with Crippen molar-refractivity contribution in [2.75, 3.05) is 0 Å². The van der Waals surface area contributed by atoms with Gasteiger partial charge < -0.3 is 14.6 Å². The Bertz CT molecular complexity index is 883. The van der Waals surface area contributed by atoms with Gasteiger partial charge in [0, 0.05) is 38.0 Å². The van der Waals surface area contributed by atoms with Crippen molar-refractivity contribution in [3.05, 3.63) is 0 Å². The Kier molecular flexibility index (Phi) is 7.11. The van der Waals surface area contributed by atoms with Gasteiger partial charge in [0.15, 0.2) is 0 Å². The largest absolute Gasteiger partial charge is 0.481 e. The van der Waals surface area contributed by atoms with Gasteiger partial charge in [0.25, 0.3) is 0 Å². The number of ether oxygens (including phenoxy) is 2. The number of aliphatic carboxylic acids is 1. The van der Waals surface area contributed by atoms with Gasteiger partial charge in [-0.3, -0.25) is 19.2 Å². The molecule has 0 aliphatic heterocycles. The lowest BCUT2D eigenvalue weighted by atomic mass is 9.43. The highest BCUT2D eigenvalue weighted by atomic mass is 16.5. The van der Waals surface area contributed by atoms with Gasteiger partial charge >= 0.3 is 17.9 Å². The summed E-state index contributed by atoms with van der Waals surface area (Å²) in [5.41, 5.74) is -0.388. The minimum absolute atomic E-state index is 0.0463. The van der Waals surface area contributed by atoms with Crippen LogP contribution in [0.1, 0.15) is 92.4 Å². The second kappa shape index (κ2) is 9.51. The van der Waals surface area contributed by atoms with E-state index in [4.69, 9.17) is 9.47 Å². The van der Waals surface area contributed by atoms with Gasteiger partial charge in [-0.1, -0.05) is 20.8 Å². The second-order valence-corrected chi connectivity index (χ2v) is 12.4. The van der Waals surface area contributed by atoms with Crippen molar-refractivity contribution in [1.82, 2.24) is 0 Å². The number of rotatable bonds is 6. The number of fused-ring (bicyclic) bond motifs is 5. The van der Waals surface area contributed by atoms with E-state index in [9.17, 15) is 24.3 Å². The van der Waals surface area contributed by atoms with E-state index in [1.165, 1.54) is 13.8 Å². The van der Waals surface area contributed by atoms with E-state index in [1.807, 2.05) is 0 Å². The molecule has 7 nitrogen and oxygen atoms in total. The van der Waals surface area contributed by atoms with Gasteiger partial charge in [0.05, 0.1) is 0 Å². The molecule has 4 saturated carbocycles. The summed E-state index contributed by atoms with van der Waals surface area (Å²) in [6, 6.07) is 0. The molecule has 4 rings (SSSR count). The van der Waals surface area contributed by atoms with Gasteiger partial charge in [-0.25, -0.2) is 0 Å². The van der Waals surface area contributed by atoms with Gasteiger partial charge in [-0.2, -0.15) is 0 Å². The fourth-order valence-electron chi connectivity index (χ4n) is 9.07. The third-order valence-electron chi connectivity index (χ3n) is 10.7. The molecule has 0 heterocycles. The molecule has 35 heavy (non-hydrogen) atoms. The number of hydrogen-bond donors (Lipinski definition) is 1. The third-order valence-corrected chi connectivity index (χ3v) is 10.7. The molecular weight excluding hydrogens is 448 g/mol. The molecule has 10 atom stereocenters. The number of carboxylic acid groups (broad SMARTS) is 1. The van der Waals surface area contributed by atoms with Gasteiger partial charge in [-0.05, 0) is 80.0 Å². The summed E-state index contributed by atoms with van der Waals surface area (Å²) in [4.78, 5) is 48.8. The first-order chi connectivity index (χ1) is 16.4. The van der Waals surface area contributed by atoms with Gasteiger partial charge in [0.1, 0.15) is 18.0 Å². The van der Waals surface area contributed by atoms with Crippen LogP contribution in [0.4, 0.5) is 0 Å². The Morgan fingerprint density at radius 2 is 1.71 bits per heavy atom. The van der Waals surface area contributed by atoms with Crippen molar-refractivity contribution in [3.63, 3.8) is 0 Å². The maximum absolute atomic E-state index is 13.8. The van der Waals surface area contributed by atoms with E-state index in [0.717, 1.165) is 32.1 Å². The van der Waals surface area contributed by atoms with Crippen LogP contribution in [0.2, 0.25) is 0 Å². The van der Waals surface area contributed by atoms with Crippen molar-refractivity contribution in [3.8, 4) is 0 Å². The average molecular weight is 491 g/mol. The quantitative estimate of drug-likeness (QED) is 0.533. The molecule has 0 aromatic rings. The van der Waals surface area contributed by atoms with Crippen molar-refractivity contribution in [2.24, 2.45) is 46.3 Å². The molecular formula is C28H42O7. The van der Waals surface area contributed by atoms with Crippen LogP contribution in [-0.4, -0.2) is 41.0 Å². The molecule has 196 valence electrons. The van der Waals surface area contributed by atoms with Crippen LogP contribution in [-0.2, 0) is 28.7 Å². The number of ketones is 1. The van der Waals surface area contributed by atoms with Crippen LogP contribution in [0.25, 0.3) is 0 Å². The SMILES string of the molecule is CC(=O)O[C@@H]1CC[C@@]2(C)[C@H](CC(=O)[C@H]3[C@H]2C[C@H](OC(C)=O)[C@@]2(C)[C@@H]3CC[C@@H]2[C@@H](C)CCC(=O)O)C1. The Balaban J connectivity index is 1.65. The maximum atomic E-state index is 13.8. The Hall–Kier alpha value is -1.92. The van der Waals surface area contributed by atoms with E-state index < -0.39 is 5.97 Å². The number of esters is 2. The monoisotopic (exact) mass is 490 g/mol. The third kappa shape index (κ3) is 4.53. The van der Waals surface area contributed by atoms with Gasteiger partial charge in [0.2, 0.25) is 0 Å². The lowest BCUT2D eigenvalue weighted by Crippen LogP contribution is -2.62. The van der Waals surface area contributed by atoms with E-state index in [1.54, 1.807) is 0 Å². The zero-order valence-electron chi connectivity index (χ0n) is 21.9. The number of carbonyl (C=O) groups is 4. The molecule has 0 aromatic heterocycles. The topological polar surface area (TPSA) is 107 Å². The summed E-state index contributed by atoms with van der Waals surface area (Å²) in [6.07, 6.45) is 5.80. The van der Waals surface area contributed by atoms with E-state index in [2.05, 4.69) is 20.8 Å². The zero-order chi connectivity index (χ0) is 25.7. The van der Waals surface area contributed by atoms with Crippen molar-refractivity contribution in [1.29, 1.82) is 0 Å². The number of Topliss-reactive ketones (excluding diaryl/α,β-unsaturated/α-hetero) is 1. The molecule has 4 fully saturated rings. The summed E-state index contributed by atoms with van der Waals surface area (Å²) in [7, 11) is 0. The highest BCUT2D eigenvalue weighted by molar-refractivity contribution is 5.83. The zero-order valence-corrected chi connectivity index (χ0v) is 21.9. The number of carboxylic acids is 1. The predicted octanol–water partition coefficient (Wildman–Crippen LogP) is 4.80. The minimum Gasteiger partial charge on any atom is -0.481 e. The maximum Gasteiger partial charge on any atom is 0.303 e. The first-order valence-corrected chi connectivity index (χ1v) is 13.5. The normalized spacial score (nSPS) is 43.3. The predicted molar refractivity (Wildman–Crippen MR) is 128 cm³/mol. The smallest absolute Gasteiger partial charge is 0.303 e. The van der Waals surface area contributed by atoms with E-state index >= 15 is 0 Å². The summed E-state index contributed by atoms with van der Waals surface area (Å²) in [6.45, 7) is 9.53. The highest BCUT2D eigenvalue weighted by Crippen LogP contribution is 2.68. The molecule has 4 aliphatic carbocycles. The lowest BCUT2D eigenvalue weighted by molar-refractivity contribution is -0.197. The second-order valence-electron chi connectivity index (χ2n) is 12.4. The Morgan fingerprint density at radius 3 is 2.34 bits per heavy atom. The first kappa shape index (κ1) is 26.2. The average Bonchev–Trinajstić information content (AvgIpc) is 3.11. The molecule has 7 heteroatoms. The molecule has 0 spiro atoms. The van der Waals surface area contributed by atoms with Crippen molar-refractivity contribution < 1.29 is 33.8 Å². The molecule has 0 aromatic carbocycles. The fraction of sp³-hybridized carbons (Fsp3) is 0.857. The minimum atomic E-state index is -0.789. The van der Waals surface area contributed by atoms with Crippen LogP contribution in [0, 0.1) is 46.3 Å². The Morgan fingerprint density at radius 1 is 1.03 bits per heavy atom. The molecule has 0 amide bonds. The number of carbonyl (C=O) groups excluding carboxylic acids is 3. The van der Waals surface area contributed by atoms with Crippen LogP contribution >= 0.6 is 0 Å². The van der Waals surface area contributed by atoms with Crippen molar-refractivity contribution >= 4 is 23.7 Å². The van der Waals surface area contributed by atoms with Crippen molar-refractivity contribution in [2.45, 2.75) is 105 Å². The lowest BCUT2D eigenvalue weighted by Gasteiger charge is -2.62. The Labute approximate surface area is 208 Å². The summed E-state index contributed by atoms with van der Waals surface area (Å²) >= 11 is 0. The molecule has 0 bridgehead atoms. The van der Waals surface area contributed by atoms with Crippen LogP contribution in [0.15, 0.2) is 0 Å². The standard InChI is InChI=1S/C28H42O7/c1-15(6-9-25(32)33)20-7-8-21-26-22(14-24(28(20,21)5)35-17(3)30)27(4)11-10-19(34-16(2)29)12-18(27)13-23(26)31/h15,18-22,24,26H,6-14H2,1-5H3,(H,32,33)/t15-,18-,19+,20+,21+,22+,24-,26+,27-,28+/m0/s1. The highest BCUT2D eigenvalue weighted by Gasteiger charge is 2.67. The summed E-state index contributed by atoms with van der Waals surface area (Å²) in [5, 5.41) is 9.23. The summed E-state index contributed by atoms with van der Waals surface area (Å²) in [5.74, 6) is -0.233. The number of hydrogen-bond acceptors (Lipinski definition) is 6. The molecule has 4 aliphatic rings. The summed E-state index contributed by atoms with van der Waals surface area (Å²) < 4.78 is 11.6. The van der Waals surface area contributed by atoms with Gasteiger partial charge in [-0.15, -0.1) is 0 Å². The van der Waals surface area contributed by atoms with Crippen LogP contribution in [0.5, 0.6) is 0 Å². The first-order valence-electron chi connectivity index (χ1n) is 13.5. The molecule has 0 radical (unpaired) electrons. The molecule has 1 N–H and O–H groups in total. The van der Waals surface area contributed by atoms with E-state index in [-0.39, 0.29) is 76.9 Å². The molecule has 0 unspecified atom stereocenters. The fourth-order valence-corrected chi connectivity index (χ4v) is 9.07. The van der Waals surface area contributed by atoms with Crippen LogP contribution in [0.3, 0.4) is 0 Å². The van der Waals surface area contributed by atoms with E-state index in [0.29, 0.717) is 25.0 Å². The molecule has 0 saturated heterocycles.